The molecule has 17 heavy (non-hydrogen) atoms. The Labute approximate surface area is 110 Å². The molecule has 0 amide bonds. The van der Waals surface area contributed by atoms with Crippen molar-refractivity contribution in [3.8, 4) is 11.5 Å². The number of carbonyl (C=O) groups is 1. The zero-order chi connectivity index (χ0) is 12.7. The fourth-order valence-corrected chi connectivity index (χ4v) is 1.95. The Morgan fingerprint density at radius 1 is 1.35 bits per heavy atom. The van der Waals surface area contributed by atoms with Gasteiger partial charge in [0.2, 0.25) is 0 Å². The van der Waals surface area contributed by atoms with E-state index in [0.717, 1.165) is 24.6 Å². The lowest BCUT2D eigenvalue weighted by Gasteiger charge is -2.10. The first-order chi connectivity index (χ1) is 8.16. The number of rotatable bonds is 7. The van der Waals surface area contributed by atoms with Gasteiger partial charge < -0.3 is 9.84 Å². The number of benzene rings is 1. The molecule has 94 valence electrons. The van der Waals surface area contributed by atoms with E-state index < -0.39 is 0 Å². The Balaban J connectivity index is 2.58. The second kappa shape index (κ2) is 7.33. The van der Waals surface area contributed by atoms with E-state index in [1.807, 2.05) is 0 Å². The van der Waals surface area contributed by atoms with Gasteiger partial charge in [-0.1, -0.05) is 22.0 Å². The van der Waals surface area contributed by atoms with Crippen LogP contribution in [-0.4, -0.2) is 22.8 Å². The van der Waals surface area contributed by atoms with Crippen LogP contribution >= 0.6 is 15.9 Å². The van der Waals surface area contributed by atoms with Gasteiger partial charge in [-0.05, 0) is 38.3 Å². The lowest BCUT2D eigenvalue weighted by molar-refractivity contribution is 0.101. The lowest BCUT2D eigenvalue weighted by Crippen LogP contribution is -2.03. The molecule has 0 spiro atoms. The van der Waals surface area contributed by atoms with Crippen molar-refractivity contribution in [3.05, 3.63) is 23.8 Å². The van der Waals surface area contributed by atoms with Crippen LogP contribution in [0.25, 0.3) is 0 Å². The van der Waals surface area contributed by atoms with Gasteiger partial charge in [0.15, 0.2) is 5.78 Å². The average molecular weight is 301 g/mol. The summed E-state index contributed by atoms with van der Waals surface area (Å²) in [7, 11) is 0. The summed E-state index contributed by atoms with van der Waals surface area (Å²) in [6, 6.07) is 4.88. The van der Waals surface area contributed by atoms with Crippen molar-refractivity contribution >= 4 is 21.7 Å². The molecule has 4 heteroatoms. The second-order valence-corrected chi connectivity index (χ2v) is 4.60. The fraction of sp³-hybridized carbons (Fsp3) is 0.462. The van der Waals surface area contributed by atoms with Crippen LogP contribution < -0.4 is 4.74 Å². The predicted molar refractivity (Wildman–Crippen MR) is 71.3 cm³/mol. The van der Waals surface area contributed by atoms with Crippen LogP contribution in [0.1, 0.15) is 36.5 Å². The molecule has 0 aliphatic carbocycles. The van der Waals surface area contributed by atoms with Crippen LogP contribution in [0.15, 0.2) is 18.2 Å². The molecular weight excluding hydrogens is 284 g/mol. The topological polar surface area (TPSA) is 46.5 Å². The molecule has 0 saturated carbocycles. The number of phenolic OH excluding ortho intramolecular Hbond substituents is 1. The van der Waals surface area contributed by atoms with Crippen molar-refractivity contribution in [2.24, 2.45) is 0 Å². The number of hydrogen-bond acceptors (Lipinski definition) is 3. The van der Waals surface area contributed by atoms with E-state index in [1.165, 1.54) is 13.0 Å². The molecule has 0 bridgehead atoms. The van der Waals surface area contributed by atoms with E-state index in [4.69, 9.17) is 4.74 Å². The molecule has 1 aromatic rings. The van der Waals surface area contributed by atoms with E-state index in [-0.39, 0.29) is 17.1 Å². The van der Waals surface area contributed by atoms with E-state index in [9.17, 15) is 9.90 Å². The maximum atomic E-state index is 11.4. The fourth-order valence-electron chi connectivity index (χ4n) is 1.55. The molecule has 0 fully saturated rings. The van der Waals surface area contributed by atoms with Gasteiger partial charge in [0.25, 0.3) is 0 Å². The van der Waals surface area contributed by atoms with Gasteiger partial charge in [-0.25, -0.2) is 0 Å². The predicted octanol–water partition coefficient (Wildman–Crippen LogP) is 3.54. The smallest absolute Gasteiger partial charge is 0.167 e. The highest BCUT2D eigenvalue weighted by atomic mass is 79.9. The standard InChI is InChI=1S/C13H17BrO3/c1-10(15)13-11(16)6-5-7-12(13)17-9-4-2-3-8-14/h5-7,16H,2-4,8-9H2,1H3. The van der Waals surface area contributed by atoms with Gasteiger partial charge in [0.05, 0.1) is 6.61 Å². The Morgan fingerprint density at radius 3 is 2.76 bits per heavy atom. The molecule has 3 nitrogen and oxygen atoms in total. The molecule has 1 aromatic carbocycles. The van der Waals surface area contributed by atoms with Crippen LogP contribution in [-0.2, 0) is 0 Å². The van der Waals surface area contributed by atoms with Gasteiger partial charge >= 0.3 is 0 Å². The number of ether oxygens (including phenoxy) is 1. The molecule has 0 aromatic heterocycles. The van der Waals surface area contributed by atoms with E-state index >= 15 is 0 Å². The zero-order valence-electron chi connectivity index (χ0n) is 9.91. The number of alkyl halides is 1. The summed E-state index contributed by atoms with van der Waals surface area (Å²) in [6.07, 6.45) is 3.14. The maximum Gasteiger partial charge on any atom is 0.167 e. The molecule has 0 unspecified atom stereocenters. The van der Waals surface area contributed by atoms with Crippen LogP contribution in [0.5, 0.6) is 11.5 Å². The first-order valence-electron chi connectivity index (χ1n) is 5.68. The molecule has 0 atom stereocenters. The molecule has 0 heterocycles. The summed E-state index contributed by atoms with van der Waals surface area (Å²) in [6.45, 7) is 1.99. The Kier molecular flexibility index (Phi) is 6.05. The summed E-state index contributed by atoms with van der Waals surface area (Å²) in [5.41, 5.74) is 0.271. The van der Waals surface area contributed by atoms with Crippen molar-refractivity contribution in [2.45, 2.75) is 26.2 Å². The largest absolute Gasteiger partial charge is 0.507 e. The van der Waals surface area contributed by atoms with Crippen molar-refractivity contribution in [2.75, 3.05) is 11.9 Å². The normalized spacial score (nSPS) is 10.2. The van der Waals surface area contributed by atoms with Gasteiger partial charge in [0.1, 0.15) is 17.1 Å². The van der Waals surface area contributed by atoms with Gasteiger partial charge in [-0.15, -0.1) is 0 Å². The number of hydrogen-bond donors (Lipinski definition) is 1. The Morgan fingerprint density at radius 2 is 2.12 bits per heavy atom. The van der Waals surface area contributed by atoms with Crippen molar-refractivity contribution in [1.29, 1.82) is 0 Å². The molecule has 1 rings (SSSR count). The highest BCUT2D eigenvalue weighted by molar-refractivity contribution is 9.09. The Hall–Kier alpha value is -1.03. The molecule has 1 N–H and O–H groups in total. The summed E-state index contributed by atoms with van der Waals surface area (Å²) in [4.78, 5) is 11.4. The van der Waals surface area contributed by atoms with Crippen LogP contribution in [0, 0.1) is 0 Å². The minimum Gasteiger partial charge on any atom is -0.507 e. The number of Topliss-reactive ketones (excluding diaryl/α,β-unsaturated/α-hetero) is 1. The van der Waals surface area contributed by atoms with Crippen molar-refractivity contribution in [1.82, 2.24) is 0 Å². The van der Waals surface area contributed by atoms with Crippen molar-refractivity contribution < 1.29 is 14.6 Å². The highest BCUT2D eigenvalue weighted by Gasteiger charge is 2.13. The average Bonchev–Trinajstić information content (AvgIpc) is 2.28. The summed E-state index contributed by atoms with van der Waals surface area (Å²) >= 11 is 3.37. The SMILES string of the molecule is CC(=O)c1c(O)cccc1OCCCCCBr. The molecular formula is C13H17BrO3. The summed E-state index contributed by atoms with van der Waals surface area (Å²) < 4.78 is 5.53. The van der Waals surface area contributed by atoms with Gasteiger partial charge in [-0.3, -0.25) is 4.79 Å². The maximum absolute atomic E-state index is 11.4. The van der Waals surface area contributed by atoms with E-state index in [0.29, 0.717) is 12.4 Å². The van der Waals surface area contributed by atoms with Crippen LogP contribution in [0.4, 0.5) is 0 Å². The molecule has 0 saturated heterocycles. The Bertz CT molecular complexity index is 377. The van der Waals surface area contributed by atoms with E-state index in [2.05, 4.69) is 15.9 Å². The quantitative estimate of drug-likeness (QED) is 0.476. The molecule has 0 aliphatic rings. The number of halogens is 1. The minimum absolute atomic E-state index is 0.0181. The highest BCUT2D eigenvalue weighted by Crippen LogP contribution is 2.27. The third-order valence-corrected chi connectivity index (χ3v) is 2.95. The number of ketones is 1. The van der Waals surface area contributed by atoms with Crippen LogP contribution in [0.3, 0.4) is 0 Å². The summed E-state index contributed by atoms with van der Waals surface area (Å²) in [5, 5.41) is 10.6. The van der Waals surface area contributed by atoms with Gasteiger partial charge in [0, 0.05) is 5.33 Å². The lowest BCUT2D eigenvalue weighted by atomic mass is 10.1. The third kappa shape index (κ3) is 4.38. The van der Waals surface area contributed by atoms with Crippen LogP contribution in [0.2, 0.25) is 0 Å². The number of phenols is 1. The van der Waals surface area contributed by atoms with Gasteiger partial charge in [-0.2, -0.15) is 0 Å². The summed E-state index contributed by atoms with van der Waals surface area (Å²) in [5.74, 6) is 0.269. The van der Waals surface area contributed by atoms with E-state index in [1.54, 1.807) is 12.1 Å². The minimum atomic E-state index is -0.182. The second-order valence-electron chi connectivity index (χ2n) is 3.80. The molecule has 0 aliphatic heterocycles. The molecule has 0 radical (unpaired) electrons. The number of unbranched alkanes of at least 4 members (excludes halogenated alkanes) is 2. The number of aromatic hydroxyl groups is 1. The monoisotopic (exact) mass is 300 g/mol. The van der Waals surface area contributed by atoms with Crippen molar-refractivity contribution in [3.63, 3.8) is 0 Å². The number of carbonyl (C=O) groups excluding carboxylic acids is 1. The first kappa shape index (κ1) is 14.0. The first-order valence-corrected chi connectivity index (χ1v) is 6.80. The third-order valence-electron chi connectivity index (χ3n) is 2.39. The zero-order valence-corrected chi connectivity index (χ0v) is 11.5.